The van der Waals surface area contributed by atoms with Crippen LogP contribution in [0.4, 0.5) is 0 Å². The van der Waals surface area contributed by atoms with Gasteiger partial charge in [0.15, 0.2) is 0 Å². The number of para-hydroxylation sites is 3. The lowest BCUT2D eigenvalue weighted by atomic mass is 10.1. The first-order chi connectivity index (χ1) is 16.5. The number of benzene rings is 3. The summed E-state index contributed by atoms with van der Waals surface area (Å²) in [6.45, 7) is 8.13. The van der Waals surface area contributed by atoms with Gasteiger partial charge < -0.3 is 14.6 Å². The molecule has 1 amide bonds. The molecule has 34 heavy (non-hydrogen) atoms. The Morgan fingerprint density at radius 1 is 0.912 bits per heavy atom. The van der Waals surface area contributed by atoms with Crippen molar-refractivity contribution in [2.75, 3.05) is 13.2 Å². The molecular formula is C29H33N3O2. The van der Waals surface area contributed by atoms with E-state index in [-0.39, 0.29) is 5.91 Å². The summed E-state index contributed by atoms with van der Waals surface area (Å²) < 4.78 is 8.41. The van der Waals surface area contributed by atoms with E-state index in [4.69, 9.17) is 9.72 Å². The summed E-state index contributed by atoms with van der Waals surface area (Å²) in [7, 11) is 0. The molecule has 0 fully saturated rings. The van der Waals surface area contributed by atoms with Gasteiger partial charge in [0.05, 0.1) is 24.0 Å². The molecule has 0 spiro atoms. The van der Waals surface area contributed by atoms with E-state index >= 15 is 0 Å². The summed E-state index contributed by atoms with van der Waals surface area (Å²) in [5.41, 5.74) is 6.63. The number of hydrogen-bond donors (Lipinski definition) is 1. The third-order valence-corrected chi connectivity index (χ3v) is 6.22. The second-order valence-corrected chi connectivity index (χ2v) is 8.79. The number of carbonyl (C=O) groups excluding carboxylic acids is 1. The third kappa shape index (κ3) is 5.66. The maximum atomic E-state index is 12.4. The van der Waals surface area contributed by atoms with Crippen molar-refractivity contribution in [3.8, 4) is 5.75 Å². The van der Waals surface area contributed by atoms with Crippen molar-refractivity contribution in [3.63, 3.8) is 0 Å². The number of imidazole rings is 1. The minimum absolute atomic E-state index is 0.0600. The van der Waals surface area contributed by atoms with Crippen molar-refractivity contribution in [2.24, 2.45) is 0 Å². The summed E-state index contributed by atoms with van der Waals surface area (Å²) in [6.07, 6.45) is 2.05. The summed E-state index contributed by atoms with van der Waals surface area (Å²) in [5, 5.41) is 3.06. The molecule has 5 heteroatoms. The molecule has 0 saturated heterocycles. The van der Waals surface area contributed by atoms with Crippen molar-refractivity contribution < 1.29 is 9.53 Å². The van der Waals surface area contributed by atoms with Crippen molar-refractivity contribution in [1.29, 1.82) is 0 Å². The van der Waals surface area contributed by atoms with Crippen molar-refractivity contribution in [2.45, 2.75) is 46.6 Å². The molecule has 0 unspecified atom stereocenters. The molecule has 0 radical (unpaired) electrons. The molecule has 176 valence electrons. The number of nitrogens with one attached hydrogen (secondary N) is 1. The van der Waals surface area contributed by atoms with Gasteiger partial charge in [0.2, 0.25) is 5.91 Å². The molecule has 0 aliphatic rings. The number of fused-ring (bicyclic) bond motifs is 1. The van der Waals surface area contributed by atoms with Gasteiger partial charge in [-0.25, -0.2) is 4.98 Å². The molecule has 5 nitrogen and oxygen atoms in total. The lowest BCUT2D eigenvalue weighted by Crippen LogP contribution is -2.26. The zero-order valence-electron chi connectivity index (χ0n) is 20.3. The van der Waals surface area contributed by atoms with Crippen LogP contribution in [0, 0.1) is 20.8 Å². The van der Waals surface area contributed by atoms with Gasteiger partial charge >= 0.3 is 0 Å². The lowest BCUT2D eigenvalue weighted by Gasteiger charge is -2.14. The number of rotatable bonds is 10. The van der Waals surface area contributed by atoms with Gasteiger partial charge in [-0.3, -0.25) is 4.79 Å². The predicted molar refractivity (Wildman–Crippen MR) is 137 cm³/mol. The topological polar surface area (TPSA) is 56.2 Å². The average molecular weight is 456 g/mol. The Morgan fingerprint density at radius 3 is 2.41 bits per heavy atom. The van der Waals surface area contributed by atoms with E-state index in [0.29, 0.717) is 19.6 Å². The second kappa shape index (κ2) is 11.0. The standard InChI is InChI=1S/C29H33N3O2/c1-21-10-4-5-13-24(21)20-28(33)30-17-9-16-27-31-25-14-6-7-15-26(25)32(27)18-19-34-29-22(2)11-8-12-23(29)3/h4-8,10-15H,9,16-20H2,1-3H3,(H,30,33). The molecule has 1 aromatic heterocycles. The summed E-state index contributed by atoms with van der Waals surface area (Å²) in [5.74, 6) is 2.05. The van der Waals surface area contributed by atoms with E-state index in [9.17, 15) is 4.79 Å². The Morgan fingerprint density at radius 2 is 1.62 bits per heavy atom. The number of ether oxygens (including phenoxy) is 1. The first-order valence-electron chi connectivity index (χ1n) is 12.0. The van der Waals surface area contributed by atoms with Crippen LogP contribution in [0.5, 0.6) is 5.75 Å². The Kier molecular flexibility index (Phi) is 7.63. The van der Waals surface area contributed by atoms with Crippen LogP contribution in [0.1, 0.15) is 34.5 Å². The van der Waals surface area contributed by atoms with Crippen LogP contribution in [-0.2, 0) is 24.2 Å². The Hall–Kier alpha value is -3.60. The van der Waals surface area contributed by atoms with Crippen LogP contribution in [0.25, 0.3) is 11.0 Å². The van der Waals surface area contributed by atoms with Crippen molar-refractivity contribution >= 4 is 16.9 Å². The normalized spacial score (nSPS) is 11.0. The summed E-state index contributed by atoms with van der Waals surface area (Å²) >= 11 is 0. The summed E-state index contributed by atoms with van der Waals surface area (Å²) in [6, 6.07) is 22.4. The van der Waals surface area contributed by atoms with E-state index < -0.39 is 0 Å². The van der Waals surface area contributed by atoms with Crippen LogP contribution in [0.15, 0.2) is 66.7 Å². The number of carbonyl (C=O) groups is 1. The highest BCUT2D eigenvalue weighted by Crippen LogP contribution is 2.23. The Labute approximate surface area is 201 Å². The second-order valence-electron chi connectivity index (χ2n) is 8.79. The molecule has 0 saturated carbocycles. The Bertz CT molecular complexity index is 1260. The van der Waals surface area contributed by atoms with E-state index in [1.165, 1.54) is 0 Å². The van der Waals surface area contributed by atoms with E-state index in [2.05, 4.69) is 48.0 Å². The highest BCUT2D eigenvalue weighted by atomic mass is 16.5. The fraction of sp³-hybridized carbons (Fsp3) is 0.310. The van der Waals surface area contributed by atoms with E-state index in [0.717, 1.165) is 64.2 Å². The average Bonchev–Trinajstić information content (AvgIpc) is 3.17. The molecule has 3 aromatic carbocycles. The molecule has 1 heterocycles. The maximum Gasteiger partial charge on any atom is 0.224 e. The molecule has 0 aliphatic carbocycles. The number of nitrogens with zero attached hydrogens (tertiary/aromatic N) is 2. The molecule has 0 atom stereocenters. The first-order valence-corrected chi connectivity index (χ1v) is 12.0. The van der Waals surface area contributed by atoms with Gasteiger partial charge in [-0.1, -0.05) is 54.6 Å². The van der Waals surface area contributed by atoms with Crippen LogP contribution in [-0.4, -0.2) is 28.6 Å². The number of aromatic nitrogens is 2. The molecular weight excluding hydrogens is 422 g/mol. The van der Waals surface area contributed by atoms with Crippen LogP contribution in [0.3, 0.4) is 0 Å². The van der Waals surface area contributed by atoms with Gasteiger partial charge in [0.25, 0.3) is 0 Å². The number of hydrogen-bond acceptors (Lipinski definition) is 3. The molecule has 0 bridgehead atoms. The fourth-order valence-corrected chi connectivity index (χ4v) is 4.35. The van der Waals surface area contributed by atoms with Crippen molar-refractivity contribution in [3.05, 3.63) is 94.8 Å². The van der Waals surface area contributed by atoms with E-state index in [1.807, 2.05) is 49.4 Å². The molecule has 4 aromatic rings. The SMILES string of the molecule is Cc1ccccc1CC(=O)NCCCc1nc2ccccc2n1CCOc1c(C)cccc1C. The maximum absolute atomic E-state index is 12.4. The minimum atomic E-state index is 0.0600. The van der Waals surface area contributed by atoms with Gasteiger partial charge in [0, 0.05) is 13.0 Å². The van der Waals surface area contributed by atoms with Crippen molar-refractivity contribution in [1.82, 2.24) is 14.9 Å². The zero-order chi connectivity index (χ0) is 23.9. The van der Waals surface area contributed by atoms with Gasteiger partial charge in [-0.15, -0.1) is 0 Å². The predicted octanol–water partition coefficient (Wildman–Crippen LogP) is 5.33. The zero-order valence-corrected chi connectivity index (χ0v) is 20.3. The third-order valence-electron chi connectivity index (χ3n) is 6.22. The fourth-order valence-electron chi connectivity index (χ4n) is 4.35. The quantitative estimate of drug-likeness (QED) is 0.329. The highest BCUT2D eigenvalue weighted by Gasteiger charge is 2.12. The van der Waals surface area contributed by atoms with Crippen LogP contribution < -0.4 is 10.1 Å². The largest absolute Gasteiger partial charge is 0.491 e. The van der Waals surface area contributed by atoms with E-state index in [1.54, 1.807) is 0 Å². The minimum Gasteiger partial charge on any atom is -0.491 e. The van der Waals surface area contributed by atoms with Crippen LogP contribution >= 0.6 is 0 Å². The number of aryl methyl sites for hydroxylation is 4. The first kappa shape index (κ1) is 23.6. The van der Waals surface area contributed by atoms with Crippen LogP contribution in [0.2, 0.25) is 0 Å². The monoisotopic (exact) mass is 455 g/mol. The number of amides is 1. The van der Waals surface area contributed by atoms with Gasteiger partial charge in [-0.05, 0) is 61.6 Å². The molecule has 4 rings (SSSR count). The van der Waals surface area contributed by atoms with Gasteiger partial charge in [-0.2, -0.15) is 0 Å². The molecule has 0 aliphatic heterocycles. The Balaban J connectivity index is 1.35. The van der Waals surface area contributed by atoms with Gasteiger partial charge in [0.1, 0.15) is 18.2 Å². The summed E-state index contributed by atoms with van der Waals surface area (Å²) in [4.78, 5) is 17.2. The smallest absolute Gasteiger partial charge is 0.224 e. The molecule has 1 N–H and O–H groups in total. The highest BCUT2D eigenvalue weighted by molar-refractivity contribution is 5.79. The lowest BCUT2D eigenvalue weighted by molar-refractivity contribution is -0.120.